The molecule has 0 fully saturated rings. The zero-order valence-corrected chi connectivity index (χ0v) is 13.4. The number of methoxy groups -OCH3 is 1. The second-order valence-corrected chi connectivity index (χ2v) is 5.66. The summed E-state index contributed by atoms with van der Waals surface area (Å²) in [6, 6.07) is 10.7. The highest BCUT2D eigenvalue weighted by Gasteiger charge is 2.04. The highest BCUT2D eigenvalue weighted by molar-refractivity contribution is 9.10. The van der Waals surface area contributed by atoms with Crippen molar-refractivity contribution in [3.8, 4) is 5.75 Å². The Morgan fingerprint density at radius 2 is 1.89 bits per heavy atom. The molecule has 0 unspecified atom stereocenters. The molecular formula is C14H12Br2FNO. The molecule has 0 bridgehead atoms. The summed E-state index contributed by atoms with van der Waals surface area (Å²) >= 11 is 6.65. The van der Waals surface area contributed by atoms with E-state index < -0.39 is 0 Å². The van der Waals surface area contributed by atoms with Crippen molar-refractivity contribution in [1.29, 1.82) is 0 Å². The number of benzene rings is 2. The van der Waals surface area contributed by atoms with Gasteiger partial charge in [0.1, 0.15) is 11.6 Å². The van der Waals surface area contributed by atoms with Crippen LogP contribution < -0.4 is 10.1 Å². The Bertz CT molecular complexity index is 590. The summed E-state index contributed by atoms with van der Waals surface area (Å²) in [5, 5.41) is 3.28. The van der Waals surface area contributed by atoms with E-state index in [1.165, 1.54) is 6.07 Å². The smallest absolute Gasteiger partial charge is 0.137 e. The molecule has 0 amide bonds. The number of hydrogen-bond acceptors (Lipinski definition) is 2. The zero-order valence-electron chi connectivity index (χ0n) is 10.2. The average Bonchev–Trinajstić information content (AvgIpc) is 2.41. The van der Waals surface area contributed by atoms with E-state index in [4.69, 9.17) is 4.74 Å². The molecule has 1 N–H and O–H groups in total. The topological polar surface area (TPSA) is 21.3 Å². The van der Waals surface area contributed by atoms with Crippen LogP contribution in [0.5, 0.6) is 5.75 Å². The fraction of sp³-hybridized carbons (Fsp3) is 0.143. The Morgan fingerprint density at radius 1 is 1.11 bits per heavy atom. The van der Waals surface area contributed by atoms with E-state index in [-0.39, 0.29) is 5.82 Å². The van der Waals surface area contributed by atoms with Crippen molar-refractivity contribution in [2.45, 2.75) is 6.54 Å². The molecular weight excluding hydrogens is 377 g/mol. The monoisotopic (exact) mass is 387 g/mol. The zero-order chi connectivity index (χ0) is 13.8. The lowest BCUT2D eigenvalue weighted by atomic mass is 10.2. The second kappa shape index (κ2) is 6.39. The number of anilines is 1. The van der Waals surface area contributed by atoms with Crippen molar-refractivity contribution in [2.24, 2.45) is 0 Å². The Labute approximate surface area is 128 Å². The highest BCUT2D eigenvalue weighted by atomic mass is 79.9. The maximum absolute atomic E-state index is 13.1. The van der Waals surface area contributed by atoms with Gasteiger partial charge in [-0.2, -0.15) is 0 Å². The van der Waals surface area contributed by atoms with Crippen LogP contribution in [0.4, 0.5) is 10.1 Å². The third-order valence-corrected chi connectivity index (χ3v) is 3.94. The summed E-state index contributed by atoms with van der Waals surface area (Å²) in [5.74, 6) is 0.525. The van der Waals surface area contributed by atoms with Gasteiger partial charge in [-0.05, 0) is 61.7 Å². The van der Waals surface area contributed by atoms with Gasteiger partial charge in [-0.3, -0.25) is 0 Å². The molecule has 0 aliphatic carbocycles. The molecule has 19 heavy (non-hydrogen) atoms. The van der Waals surface area contributed by atoms with E-state index >= 15 is 0 Å². The van der Waals surface area contributed by atoms with Gasteiger partial charge in [0.25, 0.3) is 0 Å². The molecule has 5 heteroatoms. The third-order valence-electron chi connectivity index (χ3n) is 2.64. The summed E-state index contributed by atoms with van der Waals surface area (Å²) in [5.41, 5.74) is 1.92. The first-order chi connectivity index (χ1) is 9.10. The maximum atomic E-state index is 13.1. The van der Waals surface area contributed by atoms with Crippen molar-refractivity contribution in [1.82, 2.24) is 0 Å². The van der Waals surface area contributed by atoms with E-state index in [9.17, 15) is 4.39 Å². The van der Waals surface area contributed by atoms with Gasteiger partial charge in [0.2, 0.25) is 0 Å². The molecule has 100 valence electrons. The lowest BCUT2D eigenvalue weighted by Gasteiger charge is -2.10. The molecule has 2 rings (SSSR count). The normalized spacial score (nSPS) is 10.3. The molecule has 2 nitrogen and oxygen atoms in total. The van der Waals surface area contributed by atoms with Gasteiger partial charge >= 0.3 is 0 Å². The van der Waals surface area contributed by atoms with Crippen LogP contribution in [0.3, 0.4) is 0 Å². The quantitative estimate of drug-likeness (QED) is 0.798. The van der Waals surface area contributed by atoms with Gasteiger partial charge in [0, 0.05) is 17.1 Å². The summed E-state index contributed by atoms with van der Waals surface area (Å²) in [7, 11) is 1.63. The number of hydrogen-bond donors (Lipinski definition) is 1. The predicted octanol–water partition coefficient (Wildman–Crippen LogP) is 4.97. The third kappa shape index (κ3) is 3.70. The minimum absolute atomic E-state index is 0.258. The summed E-state index contributed by atoms with van der Waals surface area (Å²) in [6.07, 6.45) is 0. The van der Waals surface area contributed by atoms with Crippen molar-refractivity contribution in [3.05, 3.63) is 56.7 Å². The van der Waals surface area contributed by atoms with E-state index in [1.807, 2.05) is 18.2 Å². The molecule has 0 aliphatic heterocycles. The summed E-state index contributed by atoms with van der Waals surface area (Å²) < 4.78 is 19.7. The lowest BCUT2D eigenvalue weighted by Crippen LogP contribution is -2.00. The number of halogens is 3. The van der Waals surface area contributed by atoms with Gasteiger partial charge < -0.3 is 10.1 Å². The first kappa shape index (κ1) is 14.3. The molecule has 2 aromatic carbocycles. The van der Waals surface area contributed by atoms with Crippen molar-refractivity contribution >= 4 is 37.5 Å². The van der Waals surface area contributed by atoms with Crippen LogP contribution in [-0.2, 0) is 6.54 Å². The summed E-state index contributed by atoms with van der Waals surface area (Å²) in [4.78, 5) is 0. The van der Waals surface area contributed by atoms with E-state index in [2.05, 4.69) is 37.2 Å². The van der Waals surface area contributed by atoms with E-state index in [1.54, 1.807) is 19.2 Å². The van der Waals surface area contributed by atoms with Crippen LogP contribution in [0, 0.1) is 5.82 Å². The van der Waals surface area contributed by atoms with Crippen LogP contribution in [0.15, 0.2) is 45.3 Å². The molecule has 0 aliphatic rings. The molecule has 0 saturated carbocycles. The lowest BCUT2D eigenvalue weighted by molar-refractivity contribution is 0.415. The first-order valence-electron chi connectivity index (χ1n) is 5.61. The predicted molar refractivity (Wildman–Crippen MR) is 82.1 cm³/mol. The molecule has 0 aromatic heterocycles. The average molecular weight is 389 g/mol. The van der Waals surface area contributed by atoms with Crippen LogP contribution >= 0.6 is 31.9 Å². The van der Waals surface area contributed by atoms with Gasteiger partial charge in [0.05, 0.1) is 17.3 Å². The SMILES string of the molecule is COc1ccc(Br)c(NCc2ccc(F)c(Br)c2)c1. The van der Waals surface area contributed by atoms with Gasteiger partial charge in [-0.25, -0.2) is 4.39 Å². The van der Waals surface area contributed by atoms with Crippen molar-refractivity contribution in [3.63, 3.8) is 0 Å². The number of rotatable bonds is 4. The second-order valence-electron chi connectivity index (χ2n) is 3.95. The van der Waals surface area contributed by atoms with Crippen LogP contribution in [0.1, 0.15) is 5.56 Å². The minimum atomic E-state index is -0.258. The summed E-state index contributed by atoms with van der Waals surface area (Å²) in [6.45, 7) is 0.602. The van der Waals surface area contributed by atoms with E-state index in [0.29, 0.717) is 11.0 Å². The fourth-order valence-electron chi connectivity index (χ4n) is 1.61. The minimum Gasteiger partial charge on any atom is -0.497 e. The molecule has 2 aromatic rings. The standard InChI is InChI=1S/C14H12Br2FNO/c1-19-10-3-4-11(15)14(7-10)18-8-9-2-5-13(17)12(16)6-9/h2-7,18H,8H2,1H3. The Morgan fingerprint density at radius 3 is 2.58 bits per heavy atom. The van der Waals surface area contributed by atoms with E-state index in [0.717, 1.165) is 21.5 Å². The molecule has 0 radical (unpaired) electrons. The van der Waals surface area contributed by atoms with Crippen molar-refractivity contribution < 1.29 is 9.13 Å². The molecule has 0 atom stereocenters. The van der Waals surface area contributed by atoms with Crippen molar-refractivity contribution in [2.75, 3.05) is 12.4 Å². The Hall–Kier alpha value is -1.07. The largest absolute Gasteiger partial charge is 0.497 e. The Balaban J connectivity index is 2.11. The number of nitrogens with one attached hydrogen (secondary N) is 1. The van der Waals surface area contributed by atoms with Gasteiger partial charge in [-0.1, -0.05) is 6.07 Å². The number of ether oxygens (including phenoxy) is 1. The van der Waals surface area contributed by atoms with Crippen LogP contribution in [0.2, 0.25) is 0 Å². The molecule has 0 heterocycles. The maximum Gasteiger partial charge on any atom is 0.137 e. The first-order valence-corrected chi connectivity index (χ1v) is 7.20. The van der Waals surface area contributed by atoms with Crippen LogP contribution in [-0.4, -0.2) is 7.11 Å². The highest BCUT2D eigenvalue weighted by Crippen LogP contribution is 2.27. The fourth-order valence-corrected chi connectivity index (χ4v) is 2.43. The Kier molecular flexibility index (Phi) is 4.82. The van der Waals surface area contributed by atoms with Gasteiger partial charge in [-0.15, -0.1) is 0 Å². The molecule has 0 saturated heterocycles. The van der Waals surface area contributed by atoms with Gasteiger partial charge in [0.15, 0.2) is 0 Å². The molecule has 0 spiro atoms. The van der Waals surface area contributed by atoms with Crippen LogP contribution in [0.25, 0.3) is 0 Å².